The summed E-state index contributed by atoms with van der Waals surface area (Å²) in [5, 5.41) is 0.318. The average Bonchev–Trinajstić information content (AvgIpc) is 3.37. The molecule has 0 unspecified atom stereocenters. The number of aryl methyl sites for hydroxylation is 1. The third-order valence-corrected chi connectivity index (χ3v) is 8.13. The second-order valence-electron chi connectivity index (χ2n) is 8.88. The SMILES string of the molecule is CCOC(=O)c1c(-c2ccccc2)oc2ccc(N(C(=O)c3ccncc3)S(=O)(=O)c3ccc(CC)cc3)cc12. The molecular formula is C31H26N2O6S. The Hall–Kier alpha value is -4.76. The fourth-order valence-electron chi connectivity index (χ4n) is 4.39. The lowest BCUT2D eigenvalue weighted by molar-refractivity contribution is 0.0528. The van der Waals surface area contributed by atoms with Gasteiger partial charge in [0.25, 0.3) is 15.9 Å². The van der Waals surface area contributed by atoms with Crippen LogP contribution in [0.25, 0.3) is 22.3 Å². The number of nitrogens with zero attached hydrogens (tertiary/aromatic N) is 2. The first kappa shape index (κ1) is 26.8. The number of rotatable bonds is 8. The highest BCUT2D eigenvalue weighted by molar-refractivity contribution is 7.93. The molecule has 202 valence electrons. The summed E-state index contributed by atoms with van der Waals surface area (Å²) in [6.07, 6.45) is 3.56. The molecule has 0 aliphatic carbocycles. The number of sulfonamides is 1. The third kappa shape index (κ3) is 4.99. The highest BCUT2D eigenvalue weighted by Crippen LogP contribution is 2.37. The van der Waals surface area contributed by atoms with E-state index in [4.69, 9.17) is 9.15 Å². The van der Waals surface area contributed by atoms with Crippen molar-refractivity contribution in [3.63, 3.8) is 0 Å². The van der Waals surface area contributed by atoms with Gasteiger partial charge in [0, 0.05) is 28.9 Å². The zero-order chi connectivity index (χ0) is 28.3. The second-order valence-corrected chi connectivity index (χ2v) is 10.7. The molecular weight excluding hydrogens is 528 g/mol. The van der Waals surface area contributed by atoms with Crippen molar-refractivity contribution >= 4 is 38.6 Å². The molecule has 1 amide bonds. The number of carbonyl (C=O) groups excluding carboxylic acids is 2. The zero-order valence-corrected chi connectivity index (χ0v) is 22.7. The van der Waals surface area contributed by atoms with Gasteiger partial charge in [-0.05, 0) is 61.4 Å². The van der Waals surface area contributed by atoms with Gasteiger partial charge in [0.05, 0.1) is 17.2 Å². The number of amides is 1. The quantitative estimate of drug-likeness (QED) is 0.208. The van der Waals surface area contributed by atoms with Crippen molar-refractivity contribution in [2.75, 3.05) is 10.9 Å². The van der Waals surface area contributed by atoms with Crippen LogP contribution in [-0.2, 0) is 21.2 Å². The lowest BCUT2D eigenvalue weighted by Crippen LogP contribution is -2.37. The van der Waals surface area contributed by atoms with E-state index in [1.54, 1.807) is 37.3 Å². The highest BCUT2D eigenvalue weighted by Gasteiger charge is 2.33. The van der Waals surface area contributed by atoms with Crippen molar-refractivity contribution in [2.24, 2.45) is 0 Å². The van der Waals surface area contributed by atoms with Gasteiger partial charge in [-0.15, -0.1) is 0 Å². The Morgan fingerprint density at radius 3 is 2.25 bits per heavy atom. The number of aromatic nitrogens is 1. The van der Waals surface area contributed by atoms with E-state index >= 15 is 0 Å². The number of carbonyl (C=O) groups is 2. The molecule has 0 saturated heterocycles. The molecule has 0 atom stereocenters. The molecule has 5 rings (SSSR count). The minimum absolute atomic E-state index is 0.0415. The Kier molecular flexibility index (Phi) is 7.48. The first-order chi connectivity index (χ1) is 19.3. The molecule has 0 radical (unpaired) electrons. The molecule has 0 saturated carbocycles. The highest BCUT2D eigenvalue weighted by atomic mass is 32.2. The largest absolute Gasteiger partial charge is 0.462 e. The number of benzene rings is 3. The lowest BCUT2D eigenvalue weighted by Gasteiger charge is -2.23. The summed E-state index contributed by atoms with van der Waals surface area (Å²) in [6, 6.07) is 22.8. The van der Waals surface area contributed by atoms with Gasteiger partial charge >= 0.3 is 5.97 Å². The third-order valence-electron chi connectivity index (χ3n) is 6.40. The molecule has 2 aromatic heterocycles. The number of hydrogen-bond acceptors (Lipinski definition) is 7. The standard InChI is InChI=1S/C31H26N2O6S/c1-3-21-10-13-25(14-11-21)40(36,37)33(30(34)23-16-18-32-19-17-23)24-12-15-27-26(20-24)28(31(35)38-4-2)29(39-27)22-8-6-5-7-9-22/h5-20H,3-4H2,1-2H3. The van der Waals surface area contributed by atoms with E-state index in [0.29, 0.717) is 16.5 Å². The monoisotopic (exact) mass is 554 g/mol. The molecule has 5 aromatic rings. The van der Waals surface area contributed by atoms with Gasteiger partial charge in [0.2, 0.25) is 0 Å². The maximum atomic E-state index is 14.0. The Balaban J connectivity index is 1.73. The van der Waals surface area contributed by atoms with Crippen molar-refractivity contribution < 1.29 is 27.2 Å². The van der Waals surface area contributed by atoms with Crippen molar-refractivity contribution in [2.45, 2.75) is 25.2 Å². The van der Waals surface area contributed by atoms with Gasteiger partial charge in [-0.1, -0.05) is 49.4 Å². The van der Waals surface area contributed by atoms with E-state index in [1.165, 1.54) is 48.8 Å². The van der Waals surface area contributed by atoms with Gasteiger partial charge in [0.15, 0.2) is 0 Å². The maximum Gasteiger partial charge on any atom is 0.342 e. The van der Waals surface area contributed by atoms with Crippen LogP contribution in [0.2, 0.25) is 0 Å². The predicted octanol–water partition coefficient (Wildman–Crippen LogP) is 6.27. The maximum absolute atomic E-state index is 14.0. The average molecular weight is 555 g/mol. The van der Waals surface area contributed by atoms with Crippen LogP contribution in [0.4, 0.5) is 5.69 Å². The fraction of sp³-hybridized carbons (Fsp3) is 0.129. The zero-order valence-electron chi connectivity index (χ0n) is 21.9. The van der Waals surface area contributed by atoms with E-state index < -0.39 is 21.9 Å². The van der Waals surface area contributed by atoms with E-state index in [2.05, 4.69) is 4.98 Å². The summed E-state index contributed by atoms with van der Waals surface area (Å²) in [5.74, 6) is -1.11. The van der Waals surface area contributed by atoms with E-state index in [0.717, 1.165) is 16.3 Å². The predicted molar refractivity (Wildman–Crippen MR) is 152 cm³/mol. The normalized spacial score (nSPS) is 11.3. The molecule has 0 aliphatic heterocycles. The van der Waals surface area contributed by atoms with Crippen LogP contribution in [-0.4, -0.2) is 31.9 Å². The fourth-order valence-corrected chi connectivity index (χ4v) is 5.80. The molecule has 2 heterocycles. The van der Waals surface area contributed by atoms with E-state index in [-0.39, 0.29) is 34.1 Å². The summed E-state index contributed by atoms with van der Waals surface area (Å²) in [6.45, 7) is 3.79. The molecule has 0 aliphatic rings. The summed E-state index contributed by atoms with van der Waals surface area (Å²) in [5.41, 5.74) is 2.26. The smallest absolute Gasteiger partial charge is 0.342 e. The minimum Gasteiger partial charge on any atom is -0.462 e. The van der Waals surface area contributed by atoms with Gasteiger partial charge in [0.1, 0.15) is 16.9 Å². The van der Waals surface area contributed by atoms with E-state index in [1.807, 2.05) is 25.1 Å². The summed E-state index contributed by atoms with van der Waals surface area (Å²) >= 11 is 0. The number of furan rings is 1. The number of hydrogen-bond donors (Lipinski definition) is 0. The molecule has 0 spiro atoms. The van der Waals surface area contributed by atoms with Gasteiger partial charge < -0.3 is 9.15 Å². The number of anilines is 1. The van der Waals surface area contributed by atoms with Gasteiger partial charge in [-0.25, -0.2) is 13.2 Å². The van der Waals surface area contributed by atoms with Crippen LogP contribution in [0.1, 0.15) is 40.1 Å². The van der Waals surface area contributed by atoms with Gasteiger partial charge in [-0.3, -0.25) is 9.78 Å². The van der Waals surface area contributed by atoms with Crippen molar-refractivity contribution in [1.82, 2.24) is 4.98 Å². The number of ether oxygens (including phenoxy) is 1. The molecule has 9 heteroatoms. The van der Waals surface area contributed by atoms with Crippen LogP contribution in [0.15, 0.2) is 107 Å². The van der Waals surface area contributed by atoms with Crippen LogP contribution >= 0.6 is 0 Å². The minimum atomic E-state index is -4.37. The first-order valence-corrected chi connectivity index (χ1v) is 14.2. The molecule has 8 nitrogen and oxygen atoms in total. The Morgan fingerprint density at radius 2 is 1.60 bits per heavy atom. The molecule has 0 bridgehead atoms. The summed E-state index contributed by atoms with van der Waals surface area (Å²) in [7, 11) is -4.37. The van der Waals surface area contributed by atoms with Crippen molar-refractivity contribution in [3.05, 3.63) is 114 Å². The number of fused-ring (bicyclic) bond motifs is 1. The molecule has 40 heavy (non-hydrogen) atoms. The molecule has 0 N–H and O–H groups in total. The number of pyridine rings is 1. The topological polar surface area (TPSA) is 107 Å². The first-order valence-electron chi connectivity index (χ1n) is 12.7. The number of esters is 1. The Morgan fingerprint density at radius 1 is 0.900 bits per heavy atom. The Labute approximate surface area is 231 Å². The second kappa shape index (κ2) is 11.2. The van der Waals surface area contributed by atoms with E-state index in [9.17, 15) is 18.0 Å². The van der Waals surface area contributed by atoms with Crippen molar-refractivity contribution in [3.8, 4) is 11.3 Å². The molecule has 0 fully saturated rings. The summed E-state index contributed by atoms with van der Waals surface area (Å²) < 4.78 is 40.1. The van der Waals surface area contributed by atoms with Crippen LogP contribution < -0.4 is 4.31 Å². The lowest BCUT2D eigenvalue weighted by atomic mass is 10.1. The van der Waals surface area contributed by atoms with Crippen LogP contribution in [0, 0.1) is 0 Å². The van der Waals surface area contributed by atoms with Crippen molar-refractivity contribution in [1.29, 1.82) is 0 Å². The van der Waals surface area contributed by atoms with Crippen LogP contribution in [0.3, 0.4) is 0 Å². The van der Waals surface area contributed by atoms with Gasteiger partial charge in [-0.2, -0.15) is 4.31 Å². The summed E-state index contributed by atoms with van der Waals surface area (Å²) in [4.78, 5) is 30.8. The Bertz CT molecular complexity index is 1780. The van der Waals surface area contributed by atoms with Crippen LogP contribution in [0.5, 0.6) is 0 Å². The molecule has 3 aromatic carbocycles.